The second-order valence-corrected chi connectivity index (χ2v) is 7.12. The Bertz CT molecular complexity index is 907. The molecule has 0 bridgehead atoms. The Balaban J connectivity index is 1.93. The number of hydrogen-bond donors (Lipinski definition) is 1. The number of rotatable bonds is 9. The third-order valence-corrected chi connectivity index (χ3v) is 5.16. The quantitative estimate of drug-likeness (QED) is 0.493. The molecule has 3 aromatic carbocycles. The molecule has 0 radical (unpaired) electrons. The van der Waals surface area contributed by atoms with Gasteiger partial charge in [0.05, 0.1) is 6.42 Å². The second-order valence-electron chi connectivity index (χ2n) is 7.12. The van der Waals surface area contributed by atoms with Gasteiger partial charge in [-0.15, -0.1) is 0 Å². The van der Waals surface area contributed by atoms with Crippen LogP contribution in [0.2, 0.25) is 0 Å². The van der Waals surface area contributed by atoms with Gasteiger partial charge in [-0.1, -0.05) is 103 Å². The fourth-order valence-corrected chi connectivity index (χ4v) is 3.62. The Hall–Kier alpha value is -3.17. The maximum Gasteiger partial charge on any atom is 0.305 e. The molecule has 0 fully saturated rings. The molecule has 0 heterocycles. The van der Waals surface area contributed by atoms with E-state index >= 15 is 0 Å². The highest BCUT2D eigenvalue weighted by molar-refractivity contribution is 5.68. The molecule has 0 saturated heterocycles. The molecule has 2 unspecified atom stereocenters. The van der Waals surface area contributed by atoms with Crippen LogP contribution >= 0.6 is 0 Å². The van der Waals surface area contributed by atoms with Crippen molar-refractivity contribution >= 4 is 12.0 Å². The summed E-state index contributed by atoms with van der Waals surface area (Å²) in [5, 5.41) is 9.61. The van der Waals surface area contributed by atoms with Crippen LogP contribution < -0.4 is 0 Å². The minimum Gasteiger partial charge on any atom is -0.481 e. The summed E-state index contributed by atoms with van der Waals surface area (Å²) < 4.78 is 0. The summed E-state index contributed by atoms with van der Waals surface area (Å²) in [5.41, 5.74) is 3.33. The molecule has 0 spiro atoms. The van der Waals surface area contributed by atoms with E-state index in [1.54, 1.807) is 0 Å². The van der Waals surface area contributed by atoms with E-state index in [1.165, 1.54) is 5.56 Å². The van der Waals surface area contributed by atoms with Crippen molar-refractivity contribution in [2.24, 2.45) is 0 Å². The highest BCUT2D eigenvalue weighted by Gasteiger charge is 2.27. The third-order valence-electron chi connectivity index (χ3n) is 5.16. The summed E-state index contributed by atoms with van der Waals surface area (Å²) >= 11 is 0. The van der Waals surface area contributed by atoms with E-state index in [4.69, 9.17) is 0 Å². The number of carboxylic acid groups (broad SMARTS) is 1. The van der Waals surface area contributed by atoms with Crippen molar-refractivity contribution in [2.45, 2.75) is 25.4 Å². The van der Waals surface area contributed by atoms with Crippen molar-refractivity contribution in [3.8, 4) is 0 Å². The van der Waals surface area contributed by atoms with Gasteiger partial charge >= 0.3 is 5.97 Å². The predicted molar refractivity (Wildman–Crippen MR) is 118 cm³/mol. The Morgan fingerprint density at radius 2 is 1.38 bits per heavy atom. The summed E-state index contributed by atoms with van der Waals surface area (Å²) in [7, 11) is 0. The zero-order chi connectivity index (χ0) is 20.5. The molecule has 3 aromatic rings. The summed E-state index contributed by atoms with van der Waals surface area (Å²) in [6.45, 7) is 2.79. The molecule has 148 valence electrons. The smallest absolute Gasteiger partial charge is 0.305 e. The number of benzene rings is 3. The van der Waals surface area contributed by atoms with Gasteiger partial charge in [-0.2, -0.15) is 0 Å². The van der Waals surface area contributed by atoms with Crippen LogP contribution in [0.5, 0.6) is 0 Å². The number of aliphatic carboxylic acids is 1. The van der Waals surface area contributed by atoms with Gasteiger partial charge in [-0.3, -0.25) is 9.69 Å². The highest BCUT2D eigenvalue weighted by Crippen LogP contribution is 2.33. The van der Waals surface area contributed by atoms with Crippen LogP contribution in [-0.2, 0) is 4.79 Å². The molecule has 0 aromatic heterocycles. The molecule has 0 amide bonds. The van der Waals surface area contributed by atoms with Gasteiger partial charge in [0.1, 0.15) is 0 Å². The minimum atomic E-state index is -0.795. The molecular weight excluding hydrogens is 358 g/mol. The van der Waals surface area contributed by atoms with Crippen LogP contribution in [0.25, 0.3) is 6.08 Å². The lowest BCUT2D eigenvalue weighted by Gasteiger charge is -2.36. The average Bonchev–Trinajstić information content (AvgIpc) is 2.77. The standard InChI is InChI=1S/C26H27NO2/c1-21(23-15-7-3-8-16-23)27(19-11-14-22-12-5-2-6-13-22)25(20-26(28)29)24-17-9-4-10-18-24/h2-18,21,25H,19-20H2,1H3,(H,28,29). The average molecular weight is 386 g/mol. The molecule has 3 rings (SSSR count). The number of carboxylic acids is 1. The Labute approximate surface area is 172 Å². The lowest BCUT2D eigenvalue weighted by Crippen LogP contribution is -2.33. The van der Waals surface area contributed by atoms with E-state index in [1.807, 2.05) is 66.7 Å². The van der Waals surface area contributed by atoms with Crippen molar-refractivity contribution in [3.05, 3.63) is 114 Å². The third kappa shape index (κ3) is 5.90. The molecule has 0 aliphatic carbocycles. The van der Waals surface area contributed by atoms with Gasteiger partial charge in [-0.25, -0.2) is 0 Å². The van der Waals surface area contributed by atoms with Gasteiger partial charge in [0.25, 0.3) is 0 Å². The molecule has 3 nitrogen and oxygen atoms in total. The minimum absolute atomic E-state index is 0.0559. The van der Waals surface area contributed by atoms with Gasteiger partial charge < -0.3 is 5.11 Å². The summed E-state index contributed by atoms with van der Waals surface area (Å²) in [5.74, 6) is -0.795. The van der Waals surface area contributed by atoms with Crippen molar-refractivity contribution in [3.63, 3.8) is 0 Å². The first-order chi connectivity index (χ1) is 14.1. The number of hydrogen-bond acceptors (Lipinski definition) is 2. The van der Waals surface area contributed by atoms with E-state index in [9.17, 15) is 9.90 Å². The van der Waals surface area contributed by atoms with Crippen LogP contribution in [0.15, 0.2) is 97.1 Å². The van der Waals surface area contributed by atoms with Crippen molar-refractivity contribution < 1.29 is 9.90 Å². The lowest BCUT2D eigenvalue weighted by atomic mass is 9.97. The monoisotopic (exact) mass is 385 g/mol. The molecular formula is C26H27NO2. The van der Waals surface area contributed by atoms with Crippen LogP contribution in [0, 0.1) is 0 Å². The SMILES string of the molecule is CC(c1ccccc1)N(CC=Cc1ccccc1)C(CC(=O)O)c1ccccc1. The first-order valence-corrected chi connectivity index (χ1v) is 9.94. The summed E-state index contributed by atoms with van der Waals surface area (Å²) in [6.07, 6.45) is 4.26. The maximum absolute atomic E-state index is 11.7. The topological polar surface area (TPSA) is 40.5 Å². The summed E-state index contributed by atoms with van der Waals surface area (Å²) in [6, 6.07) is 30.2. The van der Waals surface area contributed by atoms with Crippen LogP contribution in [0.3, 0.4) is 0 Å². The van der Waals surface area contributed by atoms with E-state index in [0.717, 1.165) is 11.1 Å². The van der Waals surface area contributed by atoms with Crippen molar-refractivity contribution in [1.29, 1.82) is 0 Å². The molecule has 1 N–H and O–H groups in total. The molecule has 29 heavy (non-hydrogen) atoms. The zero-order valence-corrected chi connectivity index (χ0v) is 16.7. The summed E-state index contributed by atoms with van der Waals surface area (Å²) in [4.78, 5) is 14.0. The Kier molecular flexibility index (Phi) is 7.37. The van der Waals surface area contributed by atoms with E-state index in [0.29, 0.717) is 6.54 Å². The first kappa shape index (κ1) is 20.6. The molecule has 2 atom stereocenters. The van der Waals surface area contributed by atoms with Gasteiger partial charge in [-0.05, 0) is 23.6 Å². The fraction of sp³-hybridized carbons (Fsp3) is 0.192. The van der Waals surface area contributed by atoms with E-state index in [2.05, 4.69) is 48.2 Å². The second kappa shape index (κ2) is 10.4. The van der Waals surface area contributed by atoms with Crippen molar-refractivity contribution in [1.82, 2.24) is 4.90 Å². The number of nitrogens with zero attached hydrogens (tertiary/aromatic N) is 1. The molecule has 0 aliphatic heterocycles. The van der Waals surface area contributed by atoms with Crippen LogP contribution in [0.4, 0.5) is 0 Å². The van der Waals surface area contributed by atoms with E-state index < -0.39 is 5.97 Å². The molecule has 0 aliphatic rings. The molecule has 3 heteroatoms. The Morgan fingerprint density at radius 3 is 1.93 bits per heavy atom. The van der Waals surface area contributed by atoms with Gasteiger partial charge in [0, 0.05) is 18.6 Å². The van der Waals surface area contributed by atoms with E-state index in [-0.39, 0.29) is 18.5 Å². The predicted octanol–water partition coefficient (Wildman–Crippen LogP) is 5.98. The van der Waals surface area contributed by atoms with Crippen LogP contribution in [0.1, 0.15) is 42.1 Å². The Morgan fingerprint density at radius 1 is 0.862 bits per heavy atom. The largest absolute Gasteiger partial charge is 0.481 e. The van der Waals surface area contributed by atoms with Crippen molar-refractivity contribution in [2.75, 3.05) is 6.54 Å². The first-order valence-electron chi connectivity index (χ1n) is 9.94. The lowest BCUT2D eigenvalue weighted by molar-refractivity contribution is -0.138. The molecule has 0 saturated carbocycles. The normalized spacial score (nSPS) is 13.4. The van der Waals surface area contributed by atoms with Gasteiger partial charge in [0.2, 0.25) is 0 Å². The number of carbonyl (C=O) groups is 1. The maximum atomic E-state index is 11.7. The zero-order valence-electron chi connectivity index (χ0n) is 16.7. The van der Waals surface area contributed by atoms with Gasteiger partial charge in [0.15, 0.2) is 0 Å². The van der Waals surface area contributed by atoms with Crippen LogP contribution in [-0.4, -0.2) is 22.5 Å². The fourth-order valence-electron chi connectivity index (χ4n) is 3.62. The highest BCUT2D eigenvalue weighted by atomic mass is 16.4.